The Kier molecular flexibility index (Phi) is 5.24. The second kappa shape index (κ2) is 7.98. The highest BCUT2D eigenvalue weighted by molar-refractivity contribution is 5.94. The van der Waals surface area contributed by atoms with Crippen molar-refractivity contribution < 1.29 is 13.7 Å². The van der Waals surface area contributed by atoms with E-state index in [4.69, 9.17) is 4.52 Å². The highest BCUT2D eigenvalue weighted by Crippen LogP contribution is 2.22. The highest BCUT2D eigenvalue weighted by Gasteiger charge is 2.23. The Bertz CT molecular complexity index is 977. The van der Waals surface area contributed by atoms with Crippen molar-refractivity contribution in [2.75, 3.05) is 31.1 Å². The summed E-state index contributed by atoms with van der Waals surface area (Å²) >= 11 is 0. The van der Waals surface area contributed by atoms with Gasteiger partial charge in [0.05, 0.1) is 0 Å². The van der Waals surface area contributed by atoms with Gasteiger partial charge in [0.15, 0.2) is 0 Å². The zero-order chi connectivity index (χ0) is 20.4. The summed E-state index contributed by atoms with van der Waals surface area (Å²) in [5, 5.41) is 4.01. The number of hydrogen-bond donors (Lipinski definition) is 0. The Labute approximate surface area is 168 Å². The molecule has 7 nitrogen and oxygen atoms in total. The molecule has 2 aromatic heterocycles. The maximum absolute atomic E-state index is 13.1. The average molecular weight is 395 g/mol. The molecule has 1 amide bonds. The fourth-order valence-corrected chi connectivity index (χ4v) is 3.21. The van der Waals surface area contributed by atoms with Gasteiger partial charge >= 0.3 is 0 Å². The summed E-state index contributed by atoms with van der Waals surface area (Å²) in [6, 6.07) is 9.51. The highest BCUT2D eigenvalue weighted by atomic mass is 19.1. The van der Waals surface area contributed by atoms with Gasteiger partial charge in [0.25, 0.3) is 5.91 Å². The van der Waals surface area contributed by atoms with E-state index in [9.17, 15) is 9.18 Å². The molecule has 3 aromatic rings. The monoisotopic (exact) mass is 395 g/mol. The van der Waals surface area contributed by atoms with Crippen molar-refractivity contribution in [3.05, 3.63) is 59.9 Å². The first kappa shape index (κ1) is 19.0. The molecular weight excluding hydrogens is 373 g/mol. The Morgan fingerprint density at radius 1 is 1.07 bits per heavy atom. The van der Waals surface area contributed by atoms with Gasteiger partial charge in [-0.15, -0.1) is 0 Å². The van der Waals surface area contributed by atoms with E-state index >= 15 is 0 Å². The molecule has 0 radical (unpaired) electrons. The number of anilines is 1. The number of nitrogens with zero attached hydrogens (tertiary/aromatic N) is 5. The fourth-order valence-electron chi connectivity index (χ4n) is 3.21. The zero-order valence-corrected chi connectivity index (χ0v) is 16.4. The SMILES string of the molecule is CC(C)c1nc(-c2ccc(N3CCN(C(=O)c4ccc(F)cc4)CC3)nc2)no1. The maximum atomic E-state index is 13.1. The third-order valence-corrected chi connectivity index (χ3v) is 4.92. The summed E-state index contributed by atoms with van der Waals surface area (Å²) in [7, 11) is 0. The fraction of sp³-hybridized carbons (Fsp3) is 0.333. The average Bonchev–Trinajstić information content (AvgIpc) is 3.25. The summed E-state index contributed by atoms with van der Waals surface area (Å²) in [6.45, 7) is 6.53. The predicted octanol–water partition coefficient (Wildman–Crippen LogP) is 3.36. The normalized spacial score (nSPS) is 14.5. The van der Waals surface area contributed by atoms with E-state index in [1.165, 1.54) is 24.3 Å². The van der Waals surface area contributed by atoms with Gasteiger partial charge in [-0.05, 0) is 36.4 Å². The Balaban J connectivity index is 1.38. The quantitative estimate of drug-likeness (QED) is 0.674. The number of rotatable bonds is 4. The van der Waals surface area contributed by atoms with Gasteiger partial charge in [-0.1, -0.05) is 19.0 Å². The van der Waals surface area contributed by atoms with Crippen LogP contribution in [0.3, 0.4) is 0 Å². The van der Waals surface area contributed by atoms with Crippen LogP contribution in [0.5, 0.6) is 0 Å². The van der Waals surface area contributed by atoms with Crippen molar-refractivity contribution >= 4 is 11.7 Å². The molecule has 1 saturated heterocycles. The minimum absolute atomic E-state index is 0.0778. The summed E-state index contributed by atoms with van der Waals surface area (Å²) in [6.07, 6.45) is 1.74. The molecule has 8 heteroatoms. The van der Waals surface area contributed by atoms with E-state index in [2.05, 4.69) is 20.0 Å². The smallest absolute Gasteiger partial charge is 0.253 e. The summed E-state index contributed by atoms with van der Waals surface area (Å²) in [5.41, 5.74) is 1.30. The molecule has 0 N–H and O–H groups in total. The van der Waals surface area contributed by atoms with Crippen LogP contribution in [-0.2, 0) is 0 Å². The van der Waals surface area contributed by atoms with Gasteiger partial charge in [0, 0.05) is 49.4 Å². The van der Waals surface area contributed by atoms with Crippen LogP contribution in [0.2, 0.25) is 0 Å². The first-order valence-electron chi connectivity index (χ1n) is 9.61. The molecule has 150 valence electrons. The third kappa shape index (κ3) is 4.11. The minimum Gasteiger partial charge on any atom is -0.353 e. The van der Waals surface area contributed by atoms with E-state index in [0.29, 0.717) is 43.5 Å². The van der Waals surface area contributed by atoms with Crippen molar-refractivity contribution in [3.8, 4) is 11.4 Å². The van der Waals surface area contributed by atoms with Crippen molar-refractivity contribution in [3.63, 3.8) is 0 Å². The van der Waals surface area contributed by atoms with E-state index < -0.39 is 0 Å². The summed E-state index contributed by atoms with van der Waals surface area (Å²) in [5.74, 6) is 1.73. The second-order valence-electron chi connectivity index (χ2n) is 7.30. The Morgan fingerprint density at radius 2 is 1.79 bits per heavy atom. The van der Waals surface area contributed by atoms with Gasteiger partial charge in [0.1, 0.15) is 11.6 Å². The van der Waals surface area contributed by atoms with Crippen LogP contribution in [0, 0.1) is 5.82 Å². The molecule has 0 atom stereocenters. The molecule has 0 aliphatic carbocycles. The number of carbonyl (C=O) groups is 1. The van der Waals surface area contributed by atoms with E-state index in [0.717, 1.165) is 11.4 Å². The Morgan fingerprint density at radius 3 is 2.38 bits per heavy atom. The first-order valence-corrected chi connectivity index (χ1v) is 9.61. The van der Waals surface area contributed by atoms with E-state index in [-0.39, 0.29) is 17.6 Å². The Hall–Kier alpha value is -3.29. The van der Waals surface area contributed by atoms with E-state index in [1.807, 2.05) is 26.0 Å². The first-order chi connectivity index (χ1) is 14.0. The standard InChI is InChI=1S/C21H22FN5O2/c1-14(2)20-24-19(25-29-20)16-5-8-18(23-13-16)26-9-11-27(12-10-26)21(28)15-3-6-17(22)7-4-15/h3-8,13-14H,9-12H2,1-2H3. The predicted molar refractivity (Wildman–Crippen MR) is 106 cm³/mol. The molecule has 0 spiro atoms. The van der Waals surface area contributed by atoms with Gasteiger partial charge < -0.3 is 14.3 Å². The van der Waals surface area contributed by atoms with Crippen LogP contribution < -0.4 is 4.90 Å². The number of pyridine rings is 1. The molecular formula is C21H22FN5O2. The van der Waals surface area contributed by atoms with Crippen LogP contribution in [-0.4, -0.2) is 52.1 Å². The topological polar surface area (TPSA) is 75.4 Å². The minimum atomic E-state index is -0.345. The number of carbonyl (C=O) groups excluding carboxylic acids is 1. The largest absolute Gasteiger partial charge is 0.353 e. The zero-order valence-electron chi connectivity index (χ0n) is 16.4. The van der Waals surface area contributed by atoms with Crippen molar-refractivity contribution in [2.24, 2.45) is 0 Å². The lowest BCUT2D eigenvalue weighted by molar-refractivity contribution is 0.0746. The molecule has 3 heterocycles. The number of amides is 1. The van der Waals surface area contributed by atoms with Gasteiger partial charge in [0.2, 0.25) is 11.7 Å². The van der Waals surface area contributed by atoms with Crippen molar-refractivity contribution in [1.82, 2.24) is 20.0 Å². The maximum Gasteiger partial charge on any atom is 0.253 e. The molecule has 4 rings (SSSR count). The number of piperazine rings is 1. The molecule has 1 aromatic carbocycles. The molecule has 0 saturated carbocycles. The van der Waals surface area contributed by atoms with Crippen LogP contribution in [0.25, 0.3) is 11.4 Å². The van der Waals surface area contributed by atoms with Crippen LogP contribution in [0.1, 0.15) is 36.0 Å². The summed E-state index contributed by atoms with van der Waals surface area (Å²) < 4.78 is 18.3. The van der Waals surface area contributed by atoms with Crippen LogP contribution >= 0.6 is 0 Å². The number of halogens is 1. The lowest BCUT2D eigenvalue weighted by Crippen LogP contribution is -2.49. The number of aromatic nitrogens is 3. The second-order valence-corrected chi connectivity index (χ2v) is 7.30. The molecule has 1 aliphatic heterocycles. The van der Waals surface area contributed by atoms with E-state index in [1.54, 1.807) is 11.1 Å². The van der Waals surface area contributed by atoms with Gasteiger partial charge in [-0.25, -0.2) is 9.37 Å². The molecule has 0 bridgehead atoms. The van der Waals surface area contributed by atoms with Gasteiger partial charge in [-0.3, -0.25) is 4.79 Å². The number of benzene rings is 1. The number of hydrogen-bond acceptors (Lipinski definition) is 6. The lowest BCUT2D eigenvalue weighted by atomic mass is 10.1. The lowest BCUT2D eigenvalue weighted by Gasteiger charge is -2.35. The summed E-state index contributed by atoms with van der Waals surface area (Å²) in [4.78, 5) is 25.4. The third-order valence-electron chi connectivity index (χ3n) is 4.92. The van der Waals surface area contributed by atoms with Crippen molar-refractivity contribution in [2.45, 2.75) is 19.8 Å². The van der Waals surface area contributed by atoms with Crippen molar-refractivity contribution in [1.29, 1.82) is 0 Å². The molecule has 1 fully saturated rings. The van der Waals surface area contributed by atoms with Crippen LogP contribution in [0.4, 0.5) is 10.2 Å². The van der Waals surface area contributed by atoms with Crippen LogP contribution in [0.15, 0.2) is 47.1 Å². The van der Waals surface area contributed by atoms with Gasteiger partial charge in [-0.2, -0.15) is 4.98 Å². The molecule has 1 aliphatic rings. The molecule has 29 heavy (non-hydrogen) atoms. The molecule has 0 unspecified atom stereocenters.